The van der Waals surface area contributed by atoms with Crippen LogP contribution in [0.1, 0.15) is 32.4 Å². The molecule has 1 aromatic rings. The van der Waals surface area contributed by atoms with Gasteiger partial charge >= 0.3 is 0 Å². The zero-order valence-electron chi connectivity index (χ0n) is 9.01. The minimum absolute atomic E-state index is 0.0813. The minimum Gasteiger partial charge on any atom is -0.505 e. The lowest BCUT2D eigenvalue weighted by molar-refractivity contribution is 0.313. The van der Waals surface area contributed by atoms with E-state index in [4.69, 9.17) is 10.8 Å². The second kappa shape index (κ2) is 3.77. The Morgan fingerprint density at radius 2 is 1.73 bits per heavy atom. The van der Waals surface area contributed by atoms with Gasteiger partial charge in [0.1, 0.15) is 0 Å². The number of phenols is 1. The fourth-order valence-corrected chi connectivity index (χ4v) is 1.26. The fourth-order valence-electron chi connectivity index (χ4n) is 1.26. The first kappa shape index (κ1) is 11.9. The molecule has 2 nitrogen and oxygen atoms in total. The van der Waals surface area contributed by atoms with Crippen molar-refractivity contribution in [3.63, 3.8) is 0 Å². The van der Waals surface area contributed by atoms with E-state index >= 15 is 0 Å². The highest BCUT2D eigenvalue weighted by molar-refractivity contribution is 5.32. The predicted octanol–water partition coefficient (Wildman–Crippen LogP) is 2.72. The van der Waals surface area contributed by atoms with Gasteiger partial charge in [-0.2, -0.15) is 4.39 Å². The Morgan fingerprint density at radius 1 is 1.20 bits per heavy atom. The normalized spacial score (nSPS) is 14.0. The quantitative estimate of drug-likeness (QED) is 0.756. The van der Waals surface area contributed by atoms with E-state index in [0.717, 1.165) is 6.07 Å². The lowest BCUT2D eigenvalue weighted by Crippen LogP contribution is -2.27. The van der Waals surface area contributed by atoms with E-state index in [9.17, 15) is 8.78 Å². The molecule has 0 radical (unpaired) electrons. The molecule has 1 rings (SSSR count). The van der Waals surface area contributed by atoms with Crippen LogP contribution in [0.5, 0.6) is 5.75 Å². The molecular weight excluding hydrogens is 200 g/mol. The number of hydrogen-bond acceptors (Lipinski definition) is 2. The van der Waals surface area contributed by atoms with Gasteiger partial charge in [-0.1, -0.05) is 26.8 Å². The van der Waals surface area contributed by atoms with Gasteiger partial charge in [-0.25, -0.2) is 4.39 Å². The van der Waals surface area contributed by atoms with Crippen LogP contribution in [-0.4, -0.2) is 5.11 Å². The van der Waals surface area contributed by atoms with Gasteiger partial charge in [-0.3, -0.25) is 0 Å². The van der Waals surface area contributed by atoms with Crippen LogP contribution >= 0.6 is 0 Å². The molecule has 4 heteroatoms. The van der Waals surface area contributed by atoms with Crippen LogP contribution in [-0.2, 0) is 0 Å². The van der Waals surface area contributed by atoms with Gasteiger partial charge in [0.2, 0.25) is 5.82 Å². The zero-order valence-corrected chi connectivity index (χ0v) is 9.01. The SMILES string of the molecule is CC(C)(C)C(N)c1ccc(O)c(F)c1F. The standard InChI is InChI=1S/C11H15F2NO/c1-11(2,3)10(14)6-4-5-7(15)9(13)8(6)12/h4-5,10,15H,14H2,1-3H3. The molecule has 0 aliphatic heterocycles. The summed E-state index contributed by atoms with van der Waals surface area (Å²) in [5, 5.41) is 8.95. The molecule has 0 aromatic heterocycles. The number of nitrogens with two attached hydrogens (primary N) is 1. The lowest BCUT2D eigenvalue weighted by atomic mass is 9.83. The molecule has 0 heterocycles. The summed E-state index contributed by atoms with van der Waals surface area (Å²) in [6, 6.07) is 1.80. The number of halogens is 2. The van der Waals surface area contributed by atoms with Crippen molar-refractivity contribution in [2.24, 2.45) is 11.1 Å². The van der Waals surface area contributed by atoms with E-state index in [1.807, 2.05) is 20.8 Å². The summed E-state index contributed by atoms with van der Waals surface area (Å²) in [6.45, 7) is 5.51. The fraction of sp³-hybridized carbons (Fsp3) is 0.455. The average molecular weight is 215 g/mol. The molecule has 0 aliphatic carbocycles. The molecule has 0 spiro atoms. The first-order valence-corrected chi connectivity index (χ1v) is 4.67. The summed E-state index contributed by atoms with van der Waals surface area (Å²) in [4.78, 5) is 0. The number of hydrogen-bond donors (Lipinski definition) is 2. The maximum atomic E-state index is 13.4. The molecule has 15 heavy (non-hydrogen) atoms. The van der Waals surface area contributed by atoms with Crippen molar-refractivity contribution in [2.75, 3.05) is 0 Å². The first-order valence-electron chi connectivity index (χ1n) is 4.67. The van der Waals surface area contributed by atoms with Gasteiger partial charge in [-0.05, 0) is 11.5 Å². The average Bonchev–Trinajstić information content (AvgIpc) is 2.12. The van der Waals surface area contributed by atoms with Crippen molar-refractivity contribution in [2.45, 2.75) is 26.8 Å². The number of rotatable bonds is 1. The number of phenolic OH excluding ortho intramolecular Hbond substituents is 1. The van der Waals surface area contributed by atoms with Crippen molar-refractivity contribution in [1.29, 1.82) is 0 Å². The van der Waals surface area contributed by atoms with Crippen LogP contribution in [0, 0.1) is 17.0 Å². The van der Waals surface area contributed by atoms with E-state index in [1.54, 1.807) is 0 Å². The molecule has 0 fully saturated rings. The Bertz CT molecular complexity index is 372. The van der Waals surface area contributed by atoms with Gasteiger partial charge in [0.25, 0.3) is 0 Å². The summed E-state index contributed by atoms with van der Waals surface area (Å²) < 4.78 is 26.5. The molecule has 3 N–H and O–H groups in total. The van der Waals surface area contributed by atoms with Gasteiger partial charge in [-0.15, -0.1) is 0 Å². The van der Waals surface area contributed by atoms with Gasteiger partial charge in [0.05, 0.1) is 0 Å². The van der Waals surface area contributed by atoms with E-state index in [-0.39, 0.29) is 11.0 Å². The number of benzene rings is 1. The van der Waals surface area contributed by atoms with E-state index < -0.39 is 23.4 Å². The molecule has 0 saturated carbocycles. The molecule has 0 aliphatic rings. The van der Waals surface area contributed by atoms with Crippen molar-refractivity contribution >= 4 is 0 Å². The molecular formula is C11H15F2NO. The van der Waals surface area contributed by atoms with Crippen molar-refractivity contribution in [3.05, 3.63) is 29.3 Å². The summed E-state index contributed by atoms with van der Waals surface area (Å²) in [5.41, 5.74) is 5.51. The Balaban J connectivity index is 3.23. The van der Waals surface area contributed by atoms with Gasteiger partial charge in [0, 0.05) is 11.6 Å². The molecule has 0 saturated heterocycles. The van der Waals surface area contributed by atoms with Crippen LogP contribution in [0.25, 0.3) is 0 Å². The summed E-state index contributed by atoms with van der Waals surface area (Å²) in [6.07, 6.45) is 0. The summed E-state index contributed by atoms with van der Waals surface area (Å²) >= 11 is 0. The molecule has 0 amide bonds. The Hall–Kier alpha value is -1.16. The highest BCUT2D eigenvalue weighted by Crippen LogP contribution is 2.34. The largest absolute Gasteiger partial charge is 0.505 e. The van der Waals surface area contributed by atoms with Crippen molar-refractivity contribution < 1.29 is 13.9 Å². The monoisotopic (exact) mass is 215 g/mol. The lowest BCUT2D eigenvalue weighted by Gasteiger charge is -2.27. The van der Waals surface area contributed by atoms with E-state index in [0.29, 0.717) is 0 Å². The van der Waals surface area contributed by atoms with Crippen LogP contribution in [0.4, 0.5) is 8.78 Å². The second-order valence-electron chi connectivity index (χ2n) is 4.65. The highest BCUT2D eigenvalue weighted by Gasteiger charge is 2.26. The molecule has 1 aromatic carbocycles. The molecule has 1 unspecified atom stereocenters. The Kier molecular flexibility index (Phi) is 3.00. The topological polar surface area (TPSA) is 46.2 Å². The second-order valence-corrected chi connectivity index (χ2v) is 4.65. The maximum Gasteiger partial charge on any atom is 0.200 e. The third kappa shape index (κ3) is 2.26. The maximum absolute atomic E-state index is 13.4. The molecule has 1 atom stereocenters. The Morgan fingerprint density at radius 3 is 2.20 bits per heavy atom. The van der Waals surface area contributed by atoms with E-state index in [2.05, 4.69) is 0 Å². The molecule has 0 bridgehead atoms. The predicted molar refractivity (Wildman–Crippen MR) is 54.4 cm³/mol. The highest BCUT2D eigenvalue weighted by atomic mass is 19.2. The van der Waals surface area contributed by atoms with Crippen LogP contribution in [0.2, 0.25) is 0 Å². The number of aromatic hydroxyl groups is 1. The summed E-state index contributed by atoms with van der Waals surface area (Å²) in [7, 11) is 0. The van der Waals surface area contributed by atoms with Gasteiger partial charge < -0.3 is 10.8 Å². The van der Waals surface area contributed by atoms with Crippen molar-refractivity contribution in [3.8, 4) is 5.75 Å². The van der Waals surface area contributed by atoms with Gasteiger partial charge in [0.15, 0.2) is 11.6 Å². The minimum atomic E-state index is -1.24. The first-order chi connectivity index (χ1) is 6.75. The third-order valence-corrected chi connectivity index (χ3v) is 2.36. The molecule has 84 valence electrons. The smallest absolute Gasteiger partial charge is 0.200 e. The van der Waals surface area contributed by atoms with E-state index in [1.165, 1.54) is 6.07 Å². The van der Waals surface area contributed by atoms with Crippen LogP contribution in [0.15, 0.2) is 12.1 Å². The third-order valence-electron chi connectivity index (χ3n) is 2.36. The van der Waals surface area contributed by atoms with Crippen LogP contribution in [0.3, 0.4) is 0 Å². The van der Waals surface area contributed by atoms with Crippen LogP contribution < -0.4 is 5.73 Å². The summed E-state index contributed by atoms with van der Waals surface area (Å²) in [5.74, 6) is -3.01. The van der Waals surface area contributed by atoms with Crippen molar-refractivity contribution in [1.82, 2.24) is 0 Å². The Labute approximate surface area is 87.7 Å². The zero-order chi connectivity index (χ0) is 11.8.